The molecule has 2 saturated carbocycles. The second-order valence-electron chi connectivity index (χ2n) is 13.6. The first-order valence-electron chi connectivity index (χ1n) is 17.2. The lowest BCUT2D eigenvalue weighted by atomic mass is 10.0. The van der Waals surface area contributed by atoms with E-state index in [2.05, 4.69) is 30.7 Å². The summed E-state index contributed by atoms with van der Waals surface area (Å²) in [7, 11) is 2.53. The lowest BCUT2D eigenvalue weighted by molar-refractivity contribution is -0.134. The van der Waals surface area contributed by atoms with Crippen molar-refractivity contribution in [3.63, 3.8) is 0 Å². The first-order valence-corrected chi connectivity index (χ1v) is 17.2. The van der Waals surface area contributed by atoms with Crippen LogP contribution in [0.15, 0.2) is 48.5 Å². The summed E-state index contributed by atoms with van der Waals surface area (Å²) in [6.07, 6.45) is 3.32. The number of carbonyl (C=O) groups excluding carboxylic acids is 6. The van der Waals surface area contributed by atoms with Crippen molar-refractivity contribution >= 4 is 47.2 Å². The van der Waals surface area contributed by atoms with Gasteiger partial charge < -0.3 is 40.5 Å². The molecule has 4 N–H and O–H groups in total. The quantitative estimate of drug-likeness (QED) is 0.278. The van der Waals surface area contributed by atoms with Crippen molar-refractivity contribution in [1.29, 1.82) is 0 Å². The van der Waals surface area contributed by atoms with Gasteiger partial charge in [-0.3, -0.25) is 19.2 Å². The number of amides is 6. The number of alkyl carbamates (subject to hydrolysis) is 2. The number of ether oxygens (including phenoxy) is 2. The van der Waals surface area contributed by atoms with Crippen LogP contribution in [0.5, 0.6) is 0 Å². The zero-order valence-electron chi connectivity index (χ0n) is 28.3. The lowest BCUT2D eigenvalue weighted by Crippen LogP contribution is -2.49. The van der Waals surface area contributed by atoms with E-state index in [-0.39, 0.29) is 47.3 Å². The minimum Gasteiger partial charge on any atom is -0.453 e. The van der Waals surface area contributed by atoms with Crippen LogP contribution < -0.4 is 21.3 Å². The maximum absolute atomic E-state index is 13.1. The highest BCUT2D eigenvalue weighted by molar-refractivity contribution is 5.95. The third kappa shape index (κ3) is 8.35. The van der Waals surface area contributed by atoms with Crippen LogP contribution in [-0.4, -0.2) is 98.1 Å². The molecule has 0 aromatic heterocycles. The fourth-order valence-electron chi connectivity index (χ4n) is 6.72. The van der Waals surface area contributed by atoms with Crippen LogP contribution in [0.3, 0.4) is 0 Å². The van der Waals surface area contributed by atoms with E-state index >= 15 is 0 Å². The van der Waals surface area contributed by atoms with Crippen molar-refractivity contribution < 1.29 is 38.2 Å². The summed E-state index contributed by atoms with van der Waals surface area (Å²) in [5, 5.41) is 11.2. The molecular weight excluding hydrogens is 644 g/mol. The molecule has 6 amide bonds. The van der Waals surface area contributed by atoms with Gasteiger partial charge in [0.25, 0.3) is 0 Å². The largest absolute Gasteiger partial charge is 0.453 e. The number of nitrogens with one attached hydrogen (secondary N) is 4. The van der Waals surface area contributed by atoms with E-state index in [1.165, 1.54) is 14.2 Å². The maximum Gasteiger partial charge on any atom is 0.407 e. The third-order valence-electron chi connectivity index (χ3n) is 10.0. The van der Waals surface area contributed by atoms with Crippen LogP contribution in [0.25, 0.3) is 11.1 Å². The fourth-order valence-corrected chi connectivity index (χ4v) is 6.72. The van der Waals surface area contributed by atoms with Crippen LogP contribution in [0.1, 0.15) is 38.5 Å². The van der Waals surface area contributed by atoms with Crippen LogP contribution in [-0.2, 0) is 28.7 Å². The van der Waals surface area contributed by atoms with Gasteiger partial charge in [-0.2, -0.15) is 0 Å². The van der Waals surface area contributed by atoms with Gasteiger partial charge in [-0.15, -0.1) is 0 Å². The summed E-state index contributed by atoms with van der Waals surface area (Å²) in [4.78, 5) is 79.1. The second kappa shape index (κ2) is 15.2. The minimum atomic E-state index is -0.632. The van der Waals surface area contributed by atoms with E-state index < -0.39 is 24.3 Å². The fraction of sp³-hybridized carbons (Fsp3) is 0.500. The average Bonchev–Trinajstić information content (AvgIpc) is 4.05. The summed E-state index contributed by atoms with van der Waals surface area (Å²) in [6.45, 7) is 1.50. The number of nitrogens with zero attached hydrogens (tertiary/aromatic N) is 2. The van der Waals surface area contributed by atoms with E-state index in [1.54, 1.807) is 9.80 Å². The number of methoxy groups -OCH3 is 2. The third-order valence-corrected chi connectivity index (χ3v) is 10.0. The molecule has 4 fully saturated rings. The molecule has 0 radical (unpaired) electrons. The summed E-state index contributed by atoms with van der Waals surface area (Å²) >= 11 is 0. The molecule has 2 aromatic carbocycles. The molecular formula is C36H44N6O8. The molecule has 14 heteroatoms. The van der Waals surface area contributed by atoms with Gasteiger partial charge in [0.1, 0.15) is 12.1 Å². The Bertz CT molecular complexity index is 1490. The molecule has 2 aromatic rings. The number of anilines is 2. The molecule has 266 valence electrons. The lowest BCUT2D eigenvalue weighted by Gasteiger charge is -2.24. The number of carbonyl (C=O) groups is 6. The molecule has 50 heavy (non-hydrogen) atoms. The Morgan fingerprint density at radius 2 is 0.940 bits per heavy atom. The molecule has 6 rings (SSSR count). The van der Waals surface area contributed by atoms with Crippen molar-refractivity contribution in [1.82, 2.24) is 20.4 Å². The summed E-state index contributed by atoms with van der Waals surface area (Å²) in [5.41, 5.74) is 3.14. The zero-order chi connectivity index (χ0) is 35.4. The van der Waals surface area contributed by atoms with E-state index in [1.807, 2.05) is 48.5 Å². The van der Waals surface area contributed by atoms with Crippen molar-refractivity contribution in [2.45, 2.75) is 50.6 Å². The number of rotatable bonds is 11. The molecule has 0 bridgehead atoms. The van der Waals surface area contributed by atoms with E-state index in [9.17, 15) is 28.8 Å². The molecule has 4 atom stereocenters. The molecule has 2 aliphatic carbocycles. The molecule has 2 saturated heterocycles. The smallest absolute Gasteiger partial charge is 0.407 e. The summed E-state index contributed by atoms with van der Waals surface area (Å²) in [6, 6.07) is 13.7. The standard InChI is InChI=1S/C36H44N6O8/c1-49-35(47)39-29(23-3-4-23)33(45)41-17-15-25(19-41)31(43)37-27-11-7-21(8-12-27)22-9-13-28(14-10-22)38-32(44)26-16-18-42(20-26)34(46)30(24-5-6-24)40-36(48)50-2/h7-14,23-26,29-30H,3-6,15-20H2,1-2H3,(H,37,43)(H,38,44)(H,39,47)(H,40,48)/t25-,26+,29+,30-. The Kier molecular flexibility index (Phi) is 10.5. The average molecular weight is 689 g/mol. The van der Waals surface area contributed by atoms with Gasteiger partial charge in [-0.1, -0.05) is 24.3 Å². The highest BCUT2D eigenvalue weighted by Crippen LogP contribution is 2.35. The predicted octanol–water partition coefficient (Wildman–Crippen LogP) is 3.20. The van der Waals surface area contributed by atoms with Crippen LogP contribution in [0.4, 0.5) is 21.0 Å². The van der Waals surface area contributed by atoms with Gasteiger partial charge in [0.2, 0.25) is 23.6 Å². The molecule has 0 spiro atoms. The second-order valence-corrected chi connectivity index (χ2v) is 13.6. The van der Waals surface area contributed by atoms with Crippen molar-refractivity contribution in [3.05, 3.63) is 48.5 Å². The van der Waals surface area contributed by atoms with Crippen molar-refractivity contribution in [3.8, 4) is 11.1 Å². The normalized spacial score (nSPS) is 21.1. The van der Waals surface area contributed by atoms with Gasteiger partial charge in [0, 0.05) is 37.6 Å². The predicted molar refractivity (Wildman–Crippen MR) is 183 cm³/mol. The highest BCUT2D eigenvalue weighted by atomic mass is 16.5. The molecule has 0 unspecified atom stereocenters. The van der Waals surface area contributed by atoms with Crippen LogP contribution in [0, 0.1) is 23.7 Å². The summed E-state index contributed by atoms with van der Waals surface area (Å²) < 4.78 is 9.36. The molecule has 14 nitrogen and oxygen atoms in total. The Balaban J connectivity index is 0.965. The van der Waals surface area contributed by atoms with Gasteiger partial charge in [0.05, 0.1) is 26.1 Å². The van der Waals surface area contributed by atoms with Gasteiger partial charge in [-0.25, -0.2) is 9.59 Å². The topological polar surface area (TPSA) is 175 Å². The molecule has 2 aliphatic heterocycles. The zero-order valence-corrected chi connectivity index (χ0v) is 28.3. The van der Waals surface area contributed by atoms with Gasteiger partial charge in [0.15, 0.2) is 0 Å². The number of hydrogen-bond acceptors (Lipinski definition) is 8. The molecule has 4 aliphatic rings. The highest BCUT2D eigenvalue weighted by Gasteiger charge is 2.43. The van der Waals surface area contributed by atoms with Crippen LogP contribution in [0.2, 0.25) is 0 Å². The monoisotopic (exact) mass is 688 g/mol. The van der Waals surface area contributed by atoms with Crippen molar-refractivity contribution in [2.75, 3.05) is 51.0 Å². The van der Waals surface area contributed by atoms with Gasteiger partial charge in [-0.05, 0) is 85.8 Å². The Hall–Kier alpha value is -5.14. The van der Waals surface area contributed by atoms with E-state index in [4.69, 9.17) is 0 Å². The van der Waals surface area contributed by atoms with E-state index in [0.29, 0.717) is 50.4 Å². The minimum absolute atomic E-state index is 0.106. The Morgan fingerprint density at radius 3 is 1.26 bits per heavy atom. The number of benzene rings is 2. The number of likely N-dealkylation sites (tertiary alicyclic amines) is 2. The van der Waals surface area contributed by atoms with E-state index in [0.717, 1.165) is 36.8 Å². The Morgan fingerprint density at radius 1 is 0.580 bits per heavy atom. The first kappa shape index (κ1) is 34.7. The molecule has 2 heterocycles. The Labute approximate surface area is 290 Å². The first-order chi connectivity index (χ1) is 24.1. The maximum atomic E-state index is 13.1. The van der Waals surface area contributed by atoms with Gasteiger partial charge >= 0.3 is 12.2 Å². The van der Waals surface area contributed by atoms with Crippen LogP contribution >= 0.6 is 0 Å². The number of hydrogen-bond donors (Lipinski definition) is 4. The SMILES string of the molecule is COC(=O)N[C@H](C(=O)N1CC[C@@H](C(=O)Nc2ccc(-c3ccc(NC(=O)[C@H]4CCN(C(=O)[C@H](NC(=O)OC)C5CC5)C4)cc3)cc2)C1)C1CC1. The van der Waals surface area contributed by atoms with Crippen molar-refractivity contribution in [2.24, 2.45) is 23.7 Å². The summed E-state index contributed by atoms with van der Waals surface area (Å²) in [5.74, 6) is -1.16.